The number of aryl methyl sites for hydroxylation is 1. The zero-order valence-corrected chi connectivity index (χ0v) is 10.6. The van der Waals surface area contributed by atoms with E-state index in [1.807, 2.05) is 31.2 Å². The maximum atomic E-state index is 11.3. The molecule has 3 rings (SSSR count). The van der Waals surface area contributed by atoms with Crippen LogP contribution < -0.4 is 0 Å². The first kappa shape index (κ1) is 11.9. The maximum absolute atomic E-state index is 11.3. The topological polar surface area (TPSA) is 78.9 Å². The van der Waals surface area contributed by atoms with Gasteiger partial charge < -0.3 is 10.1 Å². The number of rotatable bonds is 2. The molecule has 5 nitrogen and oxygen atoms in total. The average Bonchev–Trinajstić information content (AvgIpc) is 2.81. The number of nitrogens with zero attached hydrogens (tertiary/aromatic N) is 2. The number of aromatic nitrogens is 3. The second-order valence-corrected chi connectivity index (χ2v) is 4.94. The summed E-state index contributed by atoms with van der Waals surface area (Å²) in [6.45, 7) is 1.91. The Balaban J connectivity index is 2.02. The normalized spacial score (nSPS) is 22.8. The second kappa shape index (κ2) is 4.50. The fourth-order valence-corrected chi connectivity index (χ4v) is 2.57. The largest absolute Gasteiger partial charge is 0.481 e. The molecule has 0 saturated heterocycles. The lowest BCUT2D eigenvalue weighted by Gasteiger charge is -2.23. The number of imidazole rings is 1. The van der Waals surface area contributed by atoms with E-state index in [-0.39, 0.29) is 5.92 Å². The van der Waals surface area contributed by atoms with Crippen molar-refractivity contribution in [2.24, 2.45) is 5.92 Å². The molecule has 19 heavy (non-hydrogen) atoms. The van der Waals surface area contributed by atoms with E-state index in [1.165, 1.54) is 0 Å². The van der Waals surface area contributed by atoms with Crippen LogP contribution in [0, 0.1) is 12.8 Å². The molecule has 2 heterocycles. The number of aromatic amines is 1. The molecule has 2 N–H and O–H groups in total. The van der Waals surface area contributed by atoms with E-state index < -0.39 is 11.9 Å². The molecule has 0 aliphatic heterocycles. The number of nitrogens with one attached hydrogen (secondary N) is 1. The molecule has 0 bridgehead atoms. The summed E-state index contributed by atoms with van der Waals surface area (Å²) >= 11 is 0. The summed E-state index contributed by atoms with van der Waals surface area (Å²) in [7, 11) is 0. The summed E-state index contributed by atoms with van der Waals surface area (Å²) in [4.78, 5) is 23.3. The van der Waals surface area contributed by atoms with Crippen LogP contribution in [0.15, 0.2) is 24.3 Å². The van der Waals surface area contributed by atoms with Gasteiger partial charge in [0.2, 0.25) is 0 Å². The van der Waals surface area contributed by atoms with E-state index in [2.05, 4.69) is 15.0 Å². The van der Waals surface area contributed by atoms with Crippen LogP contribution in [0.25, 0.3) is 11.2 Å². The predicted octanol–water partition coefficient (Wildman–Crippen LogP) is 2.40. The van der Waals surface area contributed by atoms with Gasteiger partial charge in [-0.15, -0.1) is 0 Å². The van der Waals surface area contributed by atoms with E-state index >= 15 is 0 Å². The Morgan fingerprint density at radius 1 is 1.32 bits per heavy atom. The highest BCUT2D eigenvalue weighted by Gasteiger charge is 2.32. The minimum Gasteiger partial charge on any atom is -0.481 e. The molecule has 2 aromatic heterocycles. The van der Waals surface area contributed by atoms with Crippen molar-refractivity contribution in [3.05, 3.63) is 35.8 Å². The summed E-state index contributed by atoms with van der Waals surface area (Å²) in [5, 5.41) is 9.30. The van der Waals surface area contributed by atoms with Crippen LogP contribution >= 0.6 is 0 Å². The average molecular weight is 257 g/mol. The van der Waals surface area contributed by atoms with Crippen molar-refractivity contribution < 1.29 is 9.90 Å². The molecule has 2 unspecified atom stereocenters. The Morgan fingerprint density at radius 2 is 2.11 bits per heavy atom. The molecule has 0 saturated carbocycles. The van der Waals surface area contributed by atoms with Gasteiger partial charge in [0.25, 0.3) is 0 Å². The van der Waals surface area contributed by atoms with Crippen LogP contribution in [0.1, 0.15) is 30.3 Å². The molecule has 1 aliphatic carbocycles. The summed E-state index contributed by atoms with van der Waals surface area (Å²) in [5.41, 5.74) is 2.43. The third-order valence-corrected chi connectivity index (χ3v) is 3.60. The number of carbonyl (C=O) groups is 1. The van der Waals surface area contributed by atoms with Crippen LogP contribution in [-0.2, 0) is 4.79 Å². The molecule has 2 aromatic rings. The highest BCUT2D eigenvalue weighted by Crippen LogP contribution is 2.33. The third-order valence-electron chi connectivity index (χ3n) is 3.60. The van der Waals surface area contributed by atoms with Crippen LogP contribution in [0.5, 0.6) is 0 Å². The quantitative estimate of drug-likeness (QED) is 0.810. The lowest BCUT2D eigenvalue weighted by molar-refractivity contribution is -0.142. The van der Waals surface area contributed by atoms with Gasteiger partial charge in [0, 0.05) is 11.6 Å². The van der Waals surface area contributed by atoms with Crippen molar-refractivity contribution in [3.63, 3.8) is 0 Å². The molecule has 0 amide bonds. The first-order valence-corrected chi connectivity index (χ1v) is 6.36. The minimum absolute atomic E-state index is 0.1000. The number of fused-ring (bicyclic) bond motifs is 1. The van der Waals surface area contributed by atoms with Gasteiger partial charge in [-0.2, -0.15) is 0 Å². The highest BCUT2D eigenvalue weighted by atomic mass is 16.4. The molecule has 0 aromatic carbocycles. The number of pyridine rings is 1. The van der Waals surface area contributed by atoms with Gasteiger partial charge >= 0.3 is 5.97 Å². The number of hydrogen-bond acceptors (Lipinski definition) is 3. The van der Waals surface area contributed by atoms with E-state index in [9.17, 15) is 9.90 Å². The van der Waals surface area contributed by atoms with Crippen LogP contribution in [-0.4, -0.2) is 26.0 Å². The third kappa shape index (κ3) is 2.12. The number of aliphatic carboxylic acids is 1. The van der Waals surface area contributed by atoms with Crippen molar-refractivity contribution in [2.45, 2.75) is 25.7 Å². The van der Waals surface area contributed by atoms with E-state index in [4.69, 9.17) is 0 Å². The fourth-order valence-electron chi connectivity index (χ4n) is 2.57. The highest BCUT2D eigenvalue weighted by molar-refractivity contribution is 5.73. The second-order valence-electron chi connectivity index (χ2n) is 4.94. The van der Waals surface area contributed by atoms with Gasteiger partial charge in [0.15, 0.2) is 5.65 Å². The first-order valence-electron chi connectivity index (χ1n) is 6.36. The number of H-pyrrole nitrogens is 1. The molecule has 98 valence electrons. The molecule has 0 spiro atoms. The van der Waals surface area contributed by atoms with Gasteiger partial charge in [-0.25, -0.2) is 9.97 Å². The molecule has 5 heteroatoms. The van der Waals surface area contributed by atoms with Gasteiger partial charge in [-0.05, 0) is 31.9 Å². The van der Waals surface area contributed by atoms with Gasteiger partial charge in [0.1, 0.15) is 5.82 Å². The fraction of sp³-hybridized carbons (Fsp3) is 0.357. The SMILES string of the molecule is Cc1ccc2[nH]c(C3CC=CCC3C(=O)O)nc2n1. The zero-order chi connectivity index (χ0) is 13.4. The lowest BCUT2D eigenvalue weighted by Crippen LogP contribution is -2.24. The standard InChI is InChI=1S/C14H15N3O2/c1-8-6-7-11-13(15-8)17-12(16-11)9-4-2-3-5-10(9)14(18)19/h2-3,6-7,9-10H,4-5H2,1H3,(H,18,19)(H,15,16,17). The predicted molar refractivity (Wildman–Crippen MR) is 70.9 cm³/mol. The Labute approximate surface area is 110 Å². The maximum Gasteiger partial charge on any atom is 0.307 e. The van der Waals surface area contributed by atoms with Crippen molar-refractivity contribution in [1.82, 2.24) is 15.0 Å². The minimum atomic E-state index is -0.765. The first-order chi connectivity index (χ1) is 9.15. The lowest BCUT2D eigenvalue weighted by atomic mass is 9.82. The van der Waals surface area contributed by atoms with E-state index in [0.717, 1.165) is 17.0 Å². The van der Waals surface area contributed by atoms with E-state index in [1.54, 1.807) is 0 Å². The molecule has 0 radical (unpaired) electrons. The van der Waals surface area contributed by atoms with Crippen LogP contribution in [0.4, 0.5) is 0 Å². The molecular formula is C14H15N3O2. The summed E-state index contributed by atoms with van der Waals surface area (Å²) < 4.78 is 0. The molecule has 0 fully saturated rings. The van der Waals surface area contributed by atoms with Crippen molar-refractivity contribution in [2.75, 3.05) is 0 Å². The monoisotopic (exact) mass is 257 g/mol. The van der Waals surface area contributed by atoms with Gasteiger partial charge in [-0.3, -0.25) is 4.79 Å². The number of allylic oxidation sites excluding steroid dienone is 2. The zero-order valence-electron chi connectivity index (χ0n) is 10.6. The summed E-state index contributed by atoms with van der Waals surface area (Å²) in [5.74, 6) is -0.549. The smallest absolute Gasteiger partial charge is 0.307 e. The van der Waals surface area contributed by atoms with Crippen LogP contribution in [0.2, 0.25) is 0 Å². The Hall–Kier alpha value is -2.17. The van der Waals surface area contributed by atoms with Crippen molar-refractivity contribution in [3.8, 4) is 0 Å². The molecule has 2 atom stereocenters. The Kier molecular flexibility index (Phi) is 2.81. The summed E-state index contributed by atoms with van der Waals surface area (Å²) in [6.07, 6.45) is 5.22. The number of hydrogen-bond donors (Lipinski definition) is 2. The summed E-state index contributed by atoms with van der Waals surface area (Å²) in [6, 6.07) is 3.85. The van der Waals surface area contributed by atoms with Crippen molar-refractivity contribution in [1.29, 1.82) is 0 Å². The molecule has 1 aliphatic rings. The van der Waals surface area contributed by atoms with Gasteiger partial charge in [-0.1, -0.05) is 12.2 Å². The van der Waals surface area contributed by atoms with Crippen LogP contribution in [0.3, 0.4) is 0 Å². The molecular weight excluding hydrogens is 242 g/mol. The number of carboxylic acids is 1. The Bertz CT molecular complexity index is 660. The number of carboxylic acid groups (broad SMARTS) is 1. The van der Waals surface area contributed by atoms with Gasteiger partial charge in [0.05, 0.1) is 11.4 Å². The van der Waals surface area contributed by atoms with Crippen molar-refractivity contribution >= 4 is 17.1 Å². The van der Waals surface area contributed by atoms with E-state index in [0.29, 0.717) is 18.5 Å². The Morgan fingerprint density at radius 3 is 2.89 bits per heavy atom.